The predicted octanol–water partition coefficient (Wildman–Crippen LogP) is 2.93. The van der Waals surface area contributed by atoms with Gasteiger partial charge in [0, 0.05) is 5.92 Å². The Labute approximate surface area is 68.6 Å². The molecule has 1 nitrogen and oxygen atoms in total. The van der Waals surface area contributed by atoms with Crippen LogP contribution in [0.15, 0.2) is 0 Å². The van der Waals surface area contributed by atoms with Gasteiger partial charge in [-0.05, 0) is 25.5 Å². The van der Waals surface area contributed by atoms with Crippen molar-refractivity contribution in [3.63, 3.8) is 0 Å². The summed E-state index contributed by atoms with van der Waals surface area (Å²) in [5.74, 6) is 0.148. The van der Waals surface area contributed by atoms with Crippen molar-refractivity contribution in [2.24, 2.45) is 5.92 Å². The van der Waals surface area contributed by atoms with Crippen molar-refractivity contribution in [1.82, 2.24) is 0 Å². The number of carbonyl (C=O) groups excluding carboxylic acids is 1. The van der Waals surface area contributed by atoms with Gasteiger partial charge in [-0.25, -0.2) is 0 Å². The summed E-state index contributed by atoms with van der Waals surface area (Å²) in [6.45, 7) is 4.14. The van der Waals surface area contributed by atoms with Crippen LogP contribution < -0.4 is 0 Å². The second-order valence-electron chi connectivity index (χ2n) is 2.57. The van der Waals surface area contributed by atoms with Gasteiger partial charge in [-0.3, -0.25) is 4.79 Å². The van der Waals surface area contributed by atoms with Gasteiger partial charge >= 0.3 is 0 Å². The summed E-state index contributed by atoms with van der Waals surface area (Å²) in [6.07, 6.45) is 4.16. The molecule has 0 aliphatic heterocycles. The van der Waals surface area contributed by atoms with Crippen molar-refractivity contribution >= 4 is 17.7 Å². The van der Waals surface area contributed by atoms with E-state index >= 15 is 0 Å². The molecule has 59 valence electrons. The molecule has 0 aromatic carbocycles. The van der Waals surface area contributed by atoms with Crippen LogP contribution >= 0.6 is 12.6 Å². The lowest BCUT2D eigenvalue weighted by Gasteiger charge is -2.06. The van der Waals surface area contributed by atoms with Gasteiger partial charge in [0.2, 0.25) is 5.12 Å². The molecule has 0 heterocycles. The molecule has 0 aliphatic carbocycles. The molecular formula is C8H15OS. The van der Waals surface area contributed by atoms with Crippen LogP contribution in [0.2, 0.25) is 0 Å². The third kappa shape index (κ3) is 3.83. The lowest BCUT2D eigenvalue weighted by atomic mass is 10.0. The largest absolute Gasteiger partial charge is 0.282 e. The first-order valence-electron chi connectivity index (χ1n) is 3.93. The lowest BCUT2D eigenvalue weighted by molar-refractivity contribution is -0.114. The van der Waals surface area contributed by atoms with Crippen LogP contribution in [0.5, 0.6) is 0 Å². The lowest BCUT2D eigenvalue weighted by Crippen LogP contribution is -2.06. The molecule has 1 unspecified atom stereocenters. The van der Waals surface area contributed by atoms with Crippen LogP contribution in [0.3, 0.4) is 0 Å². The molecule has 1 radical (unpaired) electrons. The first-order valence-corrected chi connectivity index (χ1v) is 4.34. The molecule has 0 N–H and O–H groups in total. The molecular weight excluding hydrogens is 144 g/mol. The zero-order valence-electron chi connectivity index (χ0n) is 6.72. The number of carbonyl (C=O) groups is 1. The van der Waals surface area contributed by atoms with E-state index in [9.17, 15) is 4.79 Å². The highest BCUT2D eigenvalue weighted by molar-refractivity contribution is 7.96. The van der Waals surface area contributed by atoms with Gasteiger partial charge in [0.1, 0.15) is 0 Å². The van der Waals surface area contributed by atoms with E-state index in [1.165, 1.54) is 0 Å². The maximum absolute atomic E-state index is 10.7. The standard InChI is InChI=1S/C8H15OS/c1-3-5-6-7(4-2)8(9)10/h7H,3-6H2,1-2H3. The summed E-state index contributed by atoms with van der Waals surface area (Å²) in [5.41, 5.74) is 0. The SMILES string of the molecule is CCCCC(CC)C(=O)[S]. The first-order chi connectivity index (χ1) is 4.72. The second-order valence-corrected chi connectivity index (χ2v) is 2.97. The Morgan fingerprint density at radius 3 is 2.40 bits per heavy atom. The van der Waals surface area contributed by atoms with E-state index in [2.05, 4.69) is 19.6 Å². The average Bonchev–Trinajstić information content (AvgIpc) is 1.89. The van der Waals surface area contributed by atoms with Gasteiger partial charge in [-0.15, -0.1) is 0 Å². The van der Waals surface area contributed by atoms with Gasteiger partial charge in [-0.2, -0.15) is 0 Å². The third-order valence-corrected chi connectivity index (χ3v) is 2.07. The summed E-state index contributed by atoms with van der Waals surface area (Å²) in [5, 5.41) is -0.0593. The first kappa shape index (κ1) is 9.89. The Hall–Kier alpha value is -0.110. The Bertz CT molecular complexity index is 101. The summed E-state index contributed by atoms with van der Waals surface area (Å²) < 4.78 is 0. The molecule has 0 aromatic rings. The Kier molecular flexibility index (Phi) is 5.60. The van der Waals surface area contributed by atoms with Crippen LogP contribution in [-0.4, -0.2) is 5.12 Å². The number of unbranched alkanes of at least 4 members (excludes halogenated alkanes) is 1. The van der Waals surface area contributed by atoms with Crippen LogP contribution in [0.4, 0.5) is 0 Å². The van der Waals surface area contributed by atoms with Crippen molar-refractivity contribution in [1.29, 1.82) is 0 Å². The molecule has 0 aliphatic rings. The maximum atomic E-state index is 10.7. The molecule has 0 bridgehead atoms. The average molecular weight is 159 g/mol. The van der Waals surface area contributed by atoms with Crippen LogP contribution in [-0.2, 0) is 4.79 Å². The summed E-state index contributed by atoms with van der Waals surface area (Å²) in [4.78, 5) is 10.7. The molecule has 0 spiro atoms. The van der Waals surface area contributed by atoms with Crippen molar-refractivity contribution in [2.45, 2.75) is 39.5 Å². The molecule has 10 heavy (non-hydrogen) atoms. The highest BCUT2D eigenvalue weighted by Gasteiger charge is 2.11. The van der Waals surface area contributed by atoms with E-state index in [4.69, 9.17) is 0 Å². The van der Waals surface area contributed by atoms with Gasteiger partial charge in [-0.1, -0.05) is 26.7 Å². The van der Waals surface area contributed by atoms with Gasteiger partial charge in [0.25, 0.3) is 0 Å². The Morgan fingerprint density at radius 2 is 2.10 bits per heavy atom. The van der Waals surface area contributed by atoms with Crippen LogP contribution in [0, 0.1) is 5.92 Å². The van der Waals surface area contributed by atoms with E-state index in [-0.39, 0.29) is 11.0 Å². The third-order valence-electron chi connectivity index (χ3n) is 1.73. The fourth-order valence-corrected chi connectivity index (χ4v) is 1.22. The fraction of sp³-hybridized carbons (Fsp3) is 0.875. The van der Waals surface area contributed by atoms with Crippen molar-refractivity contribution in [2.75, 3.05) is 0 Å². The van der Waals surface area contributed by atoms with Crippen molar-refractivity contribution in [3.05, 3.63) is 0 Å². The zero-order chi connectivity index (χ0) is 7.98. The smallest absolute Gasteiger partial charge is 0.221 e. The maximum Gasteiger partial charge on any atom is 0.221 e. The minimum Gasteiger partial charge on any atom is -0.282 e. The fourth-order valence-electron chi connectivity index (χ4n) is 0.939. The number of rotatable bonds is 5. The molecule has 2 heteroatoms. The van der Waals surface area contributed by atoms with E-state index in [1.54, 1.807) is 0 Å². The molecule has 1 atom stereocenters. The van der Waals surface area contributed by atoms with E-state index < -0.39 is 0 Å². The molecule has 0 saturated carbocycles. The zero-order valence-corrected chi connectivity index (χ0v) is 7.54. The monoisotopic (exact) mass is 159 g/mol. The molecule has 0 amide bonds. The Balaban J connectivity index is 3.50. The number of hydrogen-bond acceptors (Lipinski definition) is 1. The van der Waals surface area contributed by atoms with E-state index in [0.717, 1.165) is 25.7 Å². The number of hydrogen-bond donors (Lipinski definition) is 0. The van der Waals surface area contributed by atoms with Gasteiger partial charge in [0.15, 0.2) is 0 Å². The van der Waals surface area contributed by atoms with Gasteiger partial charge < -0.3 is 0 Å². The summed E-state index contributed by atoms with van der Waals surface area (Å²) >= 11 is 4.57. The summed E-state index contributed by atoms with van der Waals surface area (Å²) in [7, 11) is 0. The normalized spacial score (nSPS) is 13.0. The Morgan fingerprint density at radius 1 is 1.50 bits per heavy atom. The summed E-state index contributed by atoms with van der Waals surface area (Å²) in [6, 6.07) is 0. The van der Waals surface area contributed by atoms with Crippen LogP contribution in [0.25, 0.3) is 0 Å². The minimum absolute atomic E-state index is 0.0593. The highest BCUT2D eigenvalue weighted by Crippen LogP contribution is 2.14. The molecule has 0 fully saturated rings. The van der Waals surface area contributed by atoms with Gasteiger partial charge in [0.05, 0.1) is 0 Å². The highest BCUT2D eigenvalue weighted by atomic mass is 32.1. The van der Waals surface area contributed by atoms with Crippen LogP contribution in [0.1, 0.15) is 39.5 Å². The second kappa shape index (κ2) is 5.66. The molecule has 0 rings (SSSR count). The van der Waals surface area contributed by atoms with Crippen molar-refractivity contribution in [3.8, 4) is 0 Å². The predicted molar refractivity (Wildman–Crippen MR) is 45.9 cm³/mol. The molecule has 0 aromatic heterocycles. The quantitative estimate of drug-likeness (QED) is 0.602. The minimum atomic E-state index is -0.0593. The molecule has 0 saturated heterocycles. The van der Waals surface area contributed by atoms with E-state index in [0.29, 0.717) is 0 Å². The topological polar surface area (TPSA) is 17.1 Å². The van der Waals surface area contributed by atoms with E-state index in [1.807, 2.05) is 6.92 Å². The van der Waals surface area contributed by atoms with Crippen molar-refractivity contribution < 1.29 is 4.79 Å².